The Labute approximate surface area is 213 Å². The highest BCUT2D eigenvalue weighted by Gasteiger charge is 2.13. The van der Waals surface area contributed by atoms with Gasteiger partial charge >= 0.3 is 5.97 Å². The van der Waals surface area contributed by atoms with E-state index in [-0.39, 0.29) is 5.57 Å². The topological polar surface area (TPSA) is 88.4 Å². The van der Waals surface area contributed by atoms with Crippen molar-refractivity contribution in [3.63, 3.8) is 0 Å². The van der Waals surface area contributed by atoms with Gasteiger partial charge in [-0.15, -0.1) is 0 Å². The molecule has 1 N–H and O–H groups in total. The fourth-order valence-electron chi connectivity index (χ4n) is 2.85. The lowest BCUT2D eigenvalue weighted by Crippen LogP contribution is -2.13. The SMILES string of the molecule is COC(=O)c1ccc(NC(=O)/C(C#N)=C/c2cc(Br)c(OCc3ccccc3)c(I)c2)cc1. The lowest BCUT2D eigenvalue weighted by Gasteiger charge is -2.12. The number of carbonyl (C=O) groups excluding carboxylic acids is 2. The van der Waals surface area contributed by atoms with Crippen molar-refractivity contribution < 1.29 is 19.1 Å². The first-order valence-corrected chi connectivity index (χ1v) is 11.6. The Morgan fingerprint density at radius 3 is 2.42 bits per heavy atom. The number of benzene rings is 3. The van der Waals surface area contributed by atoms with Gasteiger partial charge in [0.15, 0.2) is 0 Å². The van der Waals surface area contributed by atoms with Crippen LogP contribution in [0.1, 0.15) is 21.5 Å². The molecule has 0 aromatic heterocycles. The third-order valence-corrected chi connectivity index (χ3v) is 5.88. The summed E-state index contributed by atoms with van der Waals surface area (Å²) in [5, 5.41) is 12.2. The molecule has 0 bridgehead atoms. The highest BCUT2D eigenvalue weighted by atomic mass is 127. The first-order chi connectivity index (χ1) is 15.9. The Kier molecular flexibility index (Phi) is 8.63. The number of anilines is 1. The second-order valence-electron chi connectivity index (χ2n) is 6.78. The van der Waals surface area contributed by atoms with Crippen molar-refractivity contribution in [1.29, 1.82) is 5.26 Å². The van der Waals surface area contributed by atoms with Gasteiger partial charge in [0.1, 0.15) is 24.0 Å². The smallest absolute Gasteiger partial charge is 0.337 e. The molecule has 0 radical (unpaired) electrons. The summed E-state index contributed by atoms with van der Waals surface area (Å²) in [5.41, 5.74) is 2.47. The van der Waals surface area contributed by atoms with Crippen LogP contribution in [0.2, 0.25) is 0 Å². The van der Waals surface area contributed by atoms with Gasteiger partial charge in [0.2, 0.25) is 0 Å². The third kappa shape index (κ3) is 6.66. The summed E-state index contributed by atoms with van der Waals surface area (Å²) in [7, 11) is 1.30. The molecule has 3 aromatic rings. The molecule has 3 aromatic carbocycles. The zero-order valence-corrected chi connectivity index (χ0v) is 21.2. The Bertz CT molecular complexity index is 1210. The van der Waals surface area contributed by atoms with E-state index in [2.05, 4.69) is 48.6 Å². The molecule has 0 saturated heterocycles. The molecule has 3 rings (SSSR count). The highest BCUT2D eigenvalue weighted by molar-refractivity contribution is 14.1. The van der Waals surface area contributed by atoms with Crippen LogP contribution < -0.4 is 10.1 Å². The van der Waals surface area contributed by atoms with Crippen LogP contribution in [0.3, 0.4) is 0 Å². The molecule has 1 amide bonds. The van der Waals surface area contributed by atoms with Gasteiger partial charge in [-0.05, 0) is 92.1 Å². The van der Waals surface area contributed by atoms with E-state index in [9.17, 15) is 14.9 Å². The average Bonchev–Trinajstić information content (AvgIpc) is 2.82. The predicted molar refractivity (Wildman–Crippen MR) is 138 cm³/mol. The second-order valence-corrected chi connectivity index (χ2v) is 8.80. The molecule has 0 atom stereocenters. The van der Waals surface area contributed by atoms with Crippen LogP contribution in [0.4, 0.5) is 5.69 Å². The third-order valence-electron chi connectivity index (χ3n) is 4.49. The summed E-state index contributed by atoms with van der Waals surface area (Å²) in [6.45, 7) is 0.422. The van der Waals surface area contributed by atoms with Crippen molar-refractivity contribution in [1.82, 2.24) is 0 Å². The molecule has 0 heterocycles. The molecule has 0 aliphatic carbocycles. The molecule has 0 fully saturated rings. The minimum Gasteiger partial charge on any atom is -0.487 e. The fraction of sp³-hybridized carbons (Fsp3) is 0.0800. The Hall–Kier alpha value is -3.16. The Balaban J connectivity index is 1.74. The fourth-order valence-corrected chi connectivity index (χ4v) is 4.62. The molecule has 6 nitrogen and oxygen atoms in total. The monoisotopic (exact) mass is 616 g/mol. The molecular formula is C25H18BrIN2O4. The van der Waals surface area contributed by atoms with Crippen molar-refractivity contribution in [3.05, 3.63) is 97.0 Å². The summed E-state index contributed by atoms with van der Waals surface area (Å²) in [6, 6.07) is 21.6. The highest BCUT2D eigenvalue weighted by Crippen LogP contribution is 2.33. The van der Waals surface area contributed by atoms with Gasteiger partial charge in [0, 0.05) is 5.69 Å². The lowest BCUT2D eigenvalue weighted by atomic mass is 10.1. The standard InChI is InChI=1S/C25H18BrIN2O4/c1-32-25(31)18-7-9-20(10-8-18)29-24(30)19(14-28)11-17-12-21(26)23(22(27)13-17)33-15-16-5-3-2-4-6-16/h2-13H,15H2,1H3,(H,29,30)/b19-11+. The van der Waals surface area contributed by atoms with E-state index in [0.717, 1.165) is 9.13 Å². The van der Waals surface area contributed by atoms with Crippen LogP contribution in [0.5, 0.6) is 5.75 Å². The number of hydrogen-bond donors (Lipinski definition) is 1. The van der Waals surface area contributed by atoms with Gasteiger partial charge < -0.3 is 14.8 Å². The maximum Gasteiger partial charge on any atom is 0.337 e. The van der Waals surface area contributed by atoms with E-state index in [1.54, 1.807) is 18.2 Å². The molecule has 33 heavy (non-hydrogen) atoms. The number of nitrogens with zero attached hydrogens (tertiary/aromatic N) is 1. The number of halogens is 2. The minimum absolute atomic E-state index is 0.0623. The molecule has 8 heteroatoms. The van der Waals surface area contributed by atoms with E-state index in [4.69, 9.17) is 4.74 Å². The van der Waals surface area contributed by atoms with Gasteiger partial charge in [-0.1, -0.05) is 30.3 Å². The molecule has 0 spiro atoms. The Morgan fingerprint density at radius 1 is 1.12 bits per heavy atom. The van der Waals surface area contributed by atoms with Crippen molar-refractivity contribution in [2.24, 2.45) is 0 Å². The van der Waals surface area contributed by atoms with E-state index < -0.39 is 11.9 Å². The van der Waals surface area contributed by atoms with E-state index in [1.807, 2.05) is 42.5 Å². The second kappa shape index (κ2) is 11.6. The molecule has 0 aliphatic rings. The van der Waals surface area contributed by atoms with Crippen LogP contribution in [0.15, 0.2) is 76.8 Å². The van der Waals surface area contributed by atoms with Crippen LogP contribution in [0.25, 0.3) is 6.08 Å². The minimum atomic E-state index is -0.557. The van der Waals surface area contributed by atoms with Crippen molar-refractivity contribution in [2.45, 2.75) is 6.61 Å². The maximum absolute atomic E-state index is 12.6. The number of ether oxygens (including phenoxy) is 2. The molecular weight excluding hydrogens is 599 g/mol. The summed E-state index contributed by atoms with van der Waals surface area (Å²) in [6.07, 6.45) is 1.51. The maximum atomic E-state index is 12.6. The Morgan fingerprint density at radius 2 is 1.82 bits per heavy atom. The first kappa shape index (κ1) is 24.5. The van der Waals surface area contributed by atoms with Gasteiger partial charge in [-0.2, -0.15) is 5.26 Å². The van der Waals surface area contributed by atoms with Crippen LogP contribution in [-0.4, -0.2) is 19.0 Å². The van der Waals surface area contributed by atoms with Crippen LogP contribution >= 0.6 is 38.5 Å². The van der Waals surface area contributed by atoms with Gasteiger partial charge in [-0.25, -0.2) is 4.79 Å². The van der Waals surface area contributed by atoms with E-state index in [0.29, 0.717) is 33.6 Å². The number of hydrogen-bond acceptors (Lipinski definition) is 5. The number of methoxy groups -OCH3 is 1. The van der Waals surface area contributed by atoms with Crippen molar-refractivity contribution in [3.8, 4) is 11.8 Å². The number of rotatable bonds is 7. The van der Waals surface area contributed by atoms with Crippen LogP contribution in [0, 0.1) is 14.9 Å². The quantitative estimate of drug-likeness (QED) is 0.153. The predicted octanol–water partition coefficient (Wildman–Crippen LogP) is 5.96. The number of amides is 1. The van der Waals surface area contributed by atoms with E-state index in [1.165, 1.54) is 25.3 Å². The summed E-state index contributed by atoms with van der Waals surface area (Å²) >= 11 is 5.67. The molecule has 0 saturated carbocycles. The van der Waals surface area contributed by atoms with Gasteiger partial charge in [-0.3, -0.25) is 4.79 Å². The number of esters is 1. The summed E-state index contributed by atoms with van der Waals surface area (Å²) in [4.78, 5) is 24.1. The van der Waals surface area contributed by atoms with Gasteiger partial charge in [0.25, 0.3) is 5.91 Å². The molecule has 0 aliphatic heterocycles. The van der Waals surface area contributed by atoms with Gasteiger partial charge in [0.05, 0.1) is 20.7 Å². The number of nitrogens with one attached hydrogen (secondary N) is 1. The zero-order valence-electron chi connectivity index (χ0n) is 17.5. The number of nitriles is 1. The van der Waals surface area contributed by atoms with Crippen LogP contribution in [-0.2, 0) is 16.1 Å². The summed E-state index contributed by atoms with van der Waals surface area (Å²) in [5.74, 6) is -0.342. The van der Waals surface area contributed by atoms with Crippen molar-refractivity contribution >= 4 is 62.2 Å². The molecule has 0 unspecified atom stereocenters. The molecule has 166 valence electrons. The zero-order chi connectivity index (χ0) is 23.8. The lowest BCUT2D eigenvalue weighted by molar-refractivity contribution is -0.112. The summed E-state index contributed by atoms with van der Waals surface area (Å²) < 4.78 is 12.2. The average molecular weight is 617 g/mol. The normalized spacial score (nSPS) is 10.8. The first-order valence-electron chi connectivity index (χ1n) is 9.68. The number of carbonyl (C=O) groups is 2. The van der Waals surface area contributed by atoms with Crippen molar-refractivity contribution in [2.75, 3.05) is 12.4 Å². The largest absolute Gasteiger partial charge is 0.487 e. The van der Waals surface area contributed by atoms with E-state index >= 15 is 0 Å².